The molecule has 1 aliphatic rings. The second-order valence-electron chi connectivity index (χ2n) is 4.24. The number of rotatable bonds is 7. The highest BCUT2D eigenvalue weighted by Crippen LogP contribution is 2.40. The summed E-state index contributed by atoms with van der Waals surface area (Å²) >= 11 is 0. The molecular formula is C12H22O. The van der Waals surface area contributed by atoms with Crippen LogP contribution >= 0.6 is 0 Å². The zero-order valence-corrected chi connectivity index (χ0v) is 8.76. The Balaban J connectivity index is 1.90. The third-order valence-electron chi connectivity index (χ3n) is 2.91. The Hall–Kier alpha value is -0.300. The van der Waals surface area contributed by atoms with Gasteiger partial charge < -0.3 is 5.11 Å². The zero-order chi connectivity index (χ0) is 9.68. The van der Waals surface area contributed by atoms with Crippen LogP contribution in [0, 0.1) is 5.92 Å². The summed E-state index contributed by atoms with van der Waals surface area (Å²) in [6.45, 7) is 6.09. The molecule has 0 aromatic rings. The first-order chi connectivity index (χ1) is 6.25. The highest BCUT2D eigenvalue weighted by molar-refractivity contribution is 5.20. The van der Waals surface area contributed by atoms with Gasteiger partial charge in [0.25, 0.3) is 0 Å². The van der Waals surface area contributed by atoms with Crippen molar-refractivity contribution in [2.45, 2.75) is 58.0 Å². The first-order valence-corrected chi connectivity index (χ1v) is 5.61. The smallest absolute Gasteiger partial charge is 0.0608 e. The first kappa shape index (κ1) is 10.8. The van der Waals surface area contributed by atoms with E-state index < -0.39 is 0 Å². The maximum absolute atomic E-state index is 9.66. The van der Waals surface area contributed by atoms with Crippen molar-refractivity contribution < 1.29 is 5.11 Å². The number of aliphatic hydroxyl groups excluding tert-OH is 1. The summed E-state index contributed by atoms with van der Waals surface area (Å²) in [5, 5.41) is 9.66. The fourth-order valence-corrected chi connectivity index (χ4v) is 1.79. The lowest BCUT2D eigenvalue weighted by Crippen LogP contribution is -2.08. The molecule has 0 aromatic carbocycles. The summed E-state index contributed by atoms with van der Waals surface area (Å²) in [5.74, 6) is 0.450. The van der Waals surface area contributed by atoms with Crippen molar-refractivity contribution >= 4 is 0 Å². The van der Waals surface area contributed by atoms with Gasteiger partial charge in [0.05, 0.1) is 6.10 Å². The van der Waals surface area contributed by atoms with Crippen LogP contribution in [0.15, 0.2) is 12.2 Å². The average molecular weight is 182 g/mol. The van der Waals surface area contributed by atoms with Crippen LogP contribution < -0.4 is 0 Å². The van der Waals surface area contributed by atoms with E-state index in [0.717, 1.165) is 12.8 Å². The second kappa shape index (κ2) is 5.43. The Morgan fingerprint density at radius 3 is 2.54 bits per heavy atom. The molecule has 0 amide bonds. The van der Waals surface area contributed by atoms with E-state index in [1.165, 1.54) is 37.7 Å². The van der Waals surface area contributed by atoms with Gasteiger partial charge >= 0.3 is 0 Å². The average Bonchev–Trinajstić information content (AvgIpc) is 2.82. The molecule has 0 heterocycles. The van der Waals surface area contributed by atoms with Crippen molar-refractivity contribution in [3.63, 3.8) is 0 Å². The van der Waals surface area contributed by atoms with Crippen LogP contribution in [-0.2, 0) is 0 Å². The maximum Gasteiger partial charge on any atom is 0.0608 e. The summed E-state index contributed by atoms with van der Waals surface area (Å²) in [6, 6.07) is 0. The van der Waals surface area contributed by atoms with Crippen LogP contribution in [0.3, 0.4) is 0 Å². The van der Waals surface area contributed by atoms with Crippen molar-refractivity contribution in [3.8, 4) is 0 Å². The summed E-state index contributed by atoms with van der Waals surface area (Å²) in [6.07, 6.45) is 8.39. The predicted octanol–water partition coefficient (Wildman–Crippen LogP) is 3.28. The van der Waals surface area contributed by atoms with E-state index in [-0.39, 0.29) is 6.10 Å². The van der Waals surface area contributed by atoms with Crippen LogP contribution in [0.4, 0.5) is 0 Å². The Bertz CT molecular complexity index is 163. The molecule has 2 atom stereocenters. The third kappa shape index (κ3) is 3.95. The largest absolute Gasteiger partial charge is 0.392 e. The predicted molar refractivity (Wildman–Crippen MR) is 56.6 cm³/mol. The third-order valence-corrected chi connectivity index (χ3v) is 2.91. The standard InChI is InChI=1S/C12H22O/c1-3-4-5-6-7-8-12(13)11-9-10(11)2/h11-13H,2-9H2,1H3/t11-,12-/m0/s1. The van der Waals surface area contributed by atoms with Crippen LogP contribution in [0.2, 0.25) is 0 Å². The van der Waals surface area contributed by atoms with Gasteiger partial charge in [0.1, 0.15) is 0 Å². The number of hydrogen-bond donors (Lipinski definition) is 1. The van der Waals surface area contributed by atoms with Crippen molar-refractivity contribution in [3.05, 3.63) is 12.2 Å². The molecule has 1 fully saturated rings. The summed E-state index contributed by atoms with van der Waals surface area (Å²) in [4.78, 5) is 0. The van der Waals surface area contributed by atoms with Gasteiger partial charge in [-0.2, -0.15) is 0 Å². The van der Waals surface area contributed by atoms with E-state index in [1.807, 2.05) is 0 Å². The molecule has 1 heteroatoms. The zero-order valence-electron chi connectivity index (χ0n) is 8.76. The SMILES string of the molecule is C=C1C[C@@H]1[C@@H](O)CCCCCCC. The lowest BCUT2D eigenvalue weighted by Gasteiger charge is -2.07. The van der Waals surface area contributed by atoms with E-state index in [2.05, 4.69) is 13.5 Å². The molecule has 0 radical (unpaired) electrons. The van der Waals surface area contributed by atoms with Gasteiger partial charge in [0.2, 0.25) is 0 Å². The molecular weight excluding hydrogens is 160 g/mol. The minimum Gasteiger partial charge on any atom is -0.392 e. The van der Waals surface area contributed by atoms with E-state index >= 15 is 0 Å². The van der Waals surface area contributed by atoms with Gasteiger partial charge in [-0.25, -0.2) is 0 Å². The first-order valence-electron chi connectivity index (χ1n) is 5.61. The van der Waals surface area contributed by atoms with Crippen molar-refractivity contribution in [1.82, 2.24) is 0 Å². The summed E-state index contributed by atoms with van der Waals surface area (Å²) in [5.41, 5.74) is 1.25. The Morgan fingerprint density at radius 1 is 1.38 bits per heavy atom. The number of unbranched alkanes of at least 4 members (excludes halogenated alkanes) is 4. The highest BCUT2D eigenvalue weighted by Gasteiger charge is 2.33. The molecule has 76 valence electrons. The molecule has 0 bridgehead atoms. The molecule has 1 saturated carbocycles. The molecule has 0 saturated heterocycles. The van der Waals surface area contributed by atoms with Gasteiger partial charge in [-0.15, -0.1) is 0 Å². The van der Waals surface area contributed by atoms with Crippen LogP contribution in [-0.4, -0.2) is 11.2 Å². The van der Waals surface area contributed by atoms with E-state index in [9.17, 15) is 5.11 Å². The summed E-state index contributed by atoms with van der Waals surface area (Å²) < 4.78 is 0. The Morgan fingerprint density at radius 2 is 2.00 bits per heavy atom. The topological polar surface area (TPSA) is 20.2 Å². The minimum absolute atomic E-state index is 0.0888. The lowest BCUT2D eigenvalue weighted by molar-refractivity contribution is 0.142. The molecule has 13 heavy (non-hydrogen) atoms. The number of aliphatic hydroxyl groups is 1. The maximum atomic E-state index is 9.66. The second-order valence-corrected chi connectivity index (χ2v) is 4.24. The monoisotopic (exact) mass is 182 g/mol. The minimum atomic E-state index is -0.0888. The highest BCUT2D eigenvalue weighted by atomic mass is 16.3. The van der Waals surface area contributed by atoms with Gasteiger partial charge in [-0.1, -0.05) is 51.2 Å². The Kier molecular flexibility index (Phi) is 4.51. The van der Waals surface area contributed by atoms with Crippen LogP contribution in [0.25, 0.3) is 0 Å². The van der Waals surface area contributed by atoms with E-state index in [0.29, 0.717) is 5.92 Å². The molecule has 1 rings (SSSR count). The molecule has 1 N–H and O–H groups in total. The van der Waals surface area contributed by atoms with Crippen LogP contribution in [0.5, 0.6) is 0 Å². The molecule has 1 nitrogen and oxygen atoms in total. The lowest BCUT2D eigenvalue weighted by atomic mass is 10.1. The normalized spacial score (nSPS) is 23.2. The molecule has 0 spiro atoms. The van der Waals surface area contributed by atoms with Gasteiger partial charge in [0, 0.05) is 5.92 Å². The van der Waals surface area contributed by atoms with Crippen molar-refractivity contribution in [2.75, 3.05) is 0 Å². The quantitative estimate of drug-likeness (QED) is 0.473. The number of hydrogen-bond acceptors (Lipinski definition) is 1. The molecule has 0 aromatic heterocycles. The van der Waals surface area contributed by atoms with Crippen molar-refractivity contribution in [2.24, 2.45) is 5.92 Å². The molecule has 1 aliphatic carbocycles. The Labute approximate surface area is 81.9 Å². The van der Waals surface area contributed by atoms with Gasteiger partial charge in [-0.05, 0) is 12.8 Å². The fourth-order valence-electron chi connectivity index (χ4n) is 1.79. The van der Waals surface area contributed by atoms with Gasteiger partial charge in [0.15, 0.2) is 0 Å². The van der Waals surface area contributed by atoms with Crippen molar-refractivity contribution in [1.29, 1.82) is 0 Å². The summed E-state index contributed by atoms with van der Waals surface area (Å²) in [7, 11) is 0. The van der Waals surface area contributed by atoms with E-state index in [1.54, 1.807) is 0 Å². The fraction of sp³-hybridized carbons (Fsp3) is 0.833. The molecule has 0 unspecified atom stereocenters. The van der Waals surface area contributed by atoms with Gasteiger partial charge in [-0.3, -0.25) is 0 Å². The molecule has 0 aliphatic heterocycles. The van der Waals surface area contributed by atoms with Crippen LogP contribution in [0.1, 0.15) is 51.9 Å². The van der Waals surface area contributed by atoms with E-state index in [4.69, 9.17) is 0 Å².